The van der Waals surface area contributed by atoms with Gasteiger partial charge in [0.1, 0.15) is 5.82 Å². The topological polar surface area (TPSA) is 64.6 Å². The molecule has 21 heavy (non-hydrogen) atoms. The van der Waals surface area contributed by atoms with Crippen molar-refractivity contribution in [3.05, 3.63) is 58.8 Å². The first-order chi connectivity index (χ1) is 10.2. The van der Waals surface area contributed by atoms with E-state index >= 15 is 0 Å². The average molecular weight is 361 g/mol. The van der Waals surface area contributed by atoms with Crippen LogP contribution in [0.1, 0.15) is 5.82 Å². The maximum Gasteiger partial charge on any atom is 0.158 e. The van der Waals surface area contributed by atoms with E-state index in [-0.39, 0.29) is 0 Å². The van der Waals surface area contributed by atoms with Gasteiger partial charge in [-0.1, -0.05) is 39.8 Å². The molecule has 0 fully saturated rings. The van der Waals surface area contributed by atoms with Crippen molar-refractivity contribution >= 4 is 49.6 Å². The molecule has 0 atom stereocenters. The Morgan fingerprint density at radius 1 is 1.19 bits per heavy atom. The lowest BCUT2D eigenvalue weighted by Crippen LogP contribution is -2.06. The number of H-pyrrole nitrogens is 1. The van der Waals surface area contributed by atoms with Gasteiger partial charge in [0.25, 0.3) is 0 Å². The van der Waals surface area contributed by atoms with Crippen LogP contribution in [-0.4, -0.2) is 15.1 Å². The predicted molar refractivity (Wildman–Crippen MR) is 92.9 cm³/mol. The van der Waals surface area contributed by atoms with Crippen molar-refractivity contribution in [2.45, 2.75) is 5.75 Å². The third-order valence-corrected chi connectivity index (χ3v) is 4.23. The molecule has 0 spiro atoms. The number of amidine groups is 1. The summed E-state index contributed by atoms with van der Waals surface area (Å²) < 4.78 is 1.02. The van der Waals surface area contributed by atoms with E-state index in [1.807, 2.05) is 48.5 Å². The molecule has 4 nitrogen and oxygen atoms in total. The number of nitrogens with one attached hydrogen (secondary N) is 3. The van der Waals surface area contributed by atoms with Crippen LogP contribution in [0.4, 0.5) is 5.69 Å². The standard InChI is InChI=1S/C15H13BrN4S/c16-10-5-7-11(8-6-10)18-15(17)21-9-14-19-12-3-1-2-4-13(12)20-14/h1-8H,9H2,(H2,17,18)(H,19,20). The molecule has 0 amide bonds. The molecule has 0 radical (unpaired) electrons. The second-order valence-corrected chi connectivity index (χ2v) is 6.35. The summed E-state index contributed by atoms with van der Waals surface area (Å²) in [4.78, 5) is 7.76. The largest absolute Gasteiger partial charge is 0.341 e. The van der Waals surface area contributed by atoms with Gasteiger partial charge in [0.2, 0.25) is 0 Å². The molecule has 0 saturated carbocycles. The molecule has 1 heterocycles. The van der Waals surface area contributed by atoms with Crippen molar-refractivity contribution in [1.82, 2.24) is 9.97 Å². The van der Waals surface area contributed by atoms with Crippen molar-refractivity contribution in [2.24, 2.45) is 0 Å². The van der Waals surface area contributed by atoms with E-state index in [0.29, 0.717) is 10.9 Å². The van der Waals surface area contributed by atoms with Gasteiger partial charge in [-0.25, -0.2) is 4.98 Å². The van der Waals surface area contributed by atoms with Crippen LogP contribution in [0.3, 0.4) is 0 Å². The van der Waals surface area contributed by atoms with Gasteiger partial charge >= 0.3 is 0 Å². The number of fused-ring (bicyclic) bond motifs is 1. The Hall–Kier alpha value is -1.79. The van der Waals surface area contributed by atoms with E-state index in [1.54, 1.807) is 0 Å². The Labute approximate surface area is 135 Å². The number of hydrogen-bond donors (Lipinski definition) is 3. The second-order valence-electron chi connectivity index (χ2n) is 4.45. The summed E-state index contributed by atoms with van der Waals surface area (Å²) in [6.45, 7) is 0. The van der Waals surface area contributed by atoms with Crippen LogP contribution in [0, 0.1) is 5.41 Å². The SMILES string of the molecule is N=C(Nc1ccc(Br)cc1)SCc1nc2ccccc2[nH]1. The second kappa shape index (κ2) is 6.32. The molecule has 106 valence electrons. The highest BCUT2D eigenvalue weighted by atomic mass is 79.9. The van der Waals surface area contributed by atoms with E-state index in [2.05, 4.69) is 31.2 Å². The Morgan fingerprint density at radius 2 is 1.95 bits per heavy atom. The molecule has 6 heteroatoms. The van der Waals surface area contributed by atoms with Gasteiger partial charge in [0.05, 0.1) is 16.8 Å². The van der Waals surface area contributed by atoms with Crippen LogP contribution in [0.25, 0.3) is 11.0 Å². The number of aromatic amines is 1. The van der Waals surface area contributed by atoms with E-state index < -0.39 is 0 Å². The monoisotopic (exact) mass is 360 g/mol. The summed E-state index contributed by atoms with van der Waals surface area (Å²) in [6.07, 6.45) is 0. The minimum Gasteiger partial charge on any atom is -0.341 e. The van der Waals surface area contributed by atoms with Crippen LogP contribution < -0.4 is 5.32 Å². The van der Waals surface area contributed by atoms with E-state index in [4.69, 9.17) is 5.41 Å². The van der Waals surface area contributed by atoms with Gasteiger partial charge < -0.3 is 10.3 Å². The number of thioether (sulfide) groups is 1. The fourth-order valence-corrected chi connectivity index (χ4v) is 2.79. The molecule has 0 saturated heterocycles. The molecule has 3 N–H and O–H groups in total. The zero-order valence-electron chi connectivity index (χ0n) is 11.1. The number of rotatable bonds is 3. The van der Waals surface area contributed by atoms with Crippen molar-refractivity contribution < 1.29 is 0 Å². The normalized spacial score (nSPS) is 10.7. The van der Waals surface area contributed by atoms with Crippen molar-refractivity contribution in [1.29, 1.82) is 5.41 Å². The minimum absolute atomic E-state index is 0.401. The fourth-order valence-electron chi connectivity index (χ4n) is 1.91. The Morgan fingerprint density at radius 3 is 2.71 bits per heavy atom. The number of nitrogens with zero attached hydrogens (tertiary/aromatic N) is 1. The van der Waals surface area contributed by atoms with Crippen LogP contribution in [0.15, 0.2) is 53.0 Å². The van der Waals surface area contributed by atoms with Crippen LogP contribution >= 0.6 is 27.7 Å². The van der Waals surface area contributed by atoms with Crippen molar-refractivity contribution in [3.63, 3.8) is 0 Å². The minimum atomic E-state index is 0.401. The first-order valence-electron chi connectivity index (χ1n) is 6.38. The predicted octanol–water partition coefficient (Wildman–Crippen LogP) is 4.61. The van der Waals surface area contributed by atoms with Gasteiger partial charge in [0.15, 0.2) is 5.17 Å². The highest BCUT2D eigenvalue weighted by Gasteiger charge is 2.05. The average Bonchev–Trinajstić information content (AvgIpc) is 2.90. The number of imidazole rings is 1. The van der Waals surface area contributed by atoms with Gasteiger partial charge in [0, 0.05) is 10.2 Å². The Balaban J connectivity index is 1.59. The lowest BCUT2D eigenvalue weighted by atomic mass is 10.3. The molecule has 0 unspecified atom stereocenters. The summed E-state index contributed by atoms with van der Waals surface area (Å²) in [6, 6.07) is 15.7. The van der Waals surface area contributed by atoms with E-state index in [0.717, 1.165) is 27.0 Å². The molecule has 0 bridgehead atoms. The molecular formula is C15H13BrN4S. The van der Waals surface area contributed by atoms with Gasteiger partial charge in [-0.15, -0.1) is 0 Å². The van der Waals surface area contributed by atoms with E-state index in [9.17, 15) is 0 Å². The molecule has 0 aliphatic carbocycles. The first kappa shape index (κ1) is 14.2. The highest BCUT2D eigenvalue weighted by molar-refractivity contribution is 9.10. The lowest BCUT2D eigenvalue weighted by Gasteiger charge is -2.06. The third kappa shape index (κ3) is 3.65. The summed E-state index contributed by atoms with van der Waals surface area (Å²) in [5.41, 5.74) is 2.89. The summed E-state index contributed by atoms with van der Waals surface area (Å²) in [5, 5.41) is 11.4. The summed E-state index contributed by atoms with van der Waals surface area (Å²) >= 11 is 4.80. The van der Waals surface area contributed by atoms with Crippen LogP contribution in [0.5, 0.6) is 0 Å². The molecule has 0 aliphatic heterocycles. The number of benzene rings is 2. The molecule has 3 aromatic rings. The van der Waals surface area contributed by atoms with Crippen molar-refractivity contribution in [2.75, 3.05) is 5.32 Å². The Kier molecular flexibility index (Phi) is 4.26. The number of anilines is 1. The smallest absolute Gasteiger partial charge is 0.158 e. The van der Waals surface area contributed by atoms with Gasteiger partial charge in [-0.05, 0) is 36.4 Å². The zero-order chi connectivity index (χ0) is 14.7. The van der Waals surface area contributed by atoms with Gasteiger partial charge in [-0.2, -0.15) is 0 Å². The maximum atomic E-state index is 7.96. The zero-order valence-corrected chi connectivity index (χ0v) is 13.5. The molecular weight excluding hydrogens is 348 g/mol. The Bertz CT molecular complexity index is 734. The van der Waals surface area contributed by atoms with Crippen LogP contribution in [0.2, 0.25) is 0 Å². The summed E-state index contributed by atoms with van der Waals surface area (Å²) in [7, 11) is 0. The quantitative estimate of drug-likeness (QED) is 0.472. The molecule has 2 aromatic carbocycles. The maximum absolute atomic E-state index is 7.96. The first-order valence-corrected chi connectivity index (χ1v) is 8.16. The number of halogens is 1. The summed E-state index contributed by atoms with van der Waals surface area (Å²) in [5.74, 6) is 1.51. The molecule has 0 aliphatic rings. The molecule has 1 aromatic heterocycles. The van der Waals surface area contributed by atoms with Gasteiger partial charge in [-0.3, -0.25) is 5.41 Å². The van der Waals surface area contributed by atoms with Crippen molar-refractivity contribution in [3.8, 4) is 0 Å². The number of aromatic nitrogens is 2. The van der Waals surface area contributed by atoms with Crippen LogP contribution in [-0.2, 0) is 5.75 Å². The highest BCUT2D eigenvalue weighted by Crippen LogP contribution is 2.18. The third-order valence-electron chi connectivity index (χ3n) is 2.89. The fraction of sp³-hybridized carbons (Fsp3) is 0.0667. The van der Waals surface area contributed by atoms with E-state index in [1.165, 1.54) is 11.8 Å². The lowest BCUT2D eigenvalue weighted by molar-refractivity contribution is 1.14. The number of para-hydroxylation sites is 2. The number of hydrogen-bond acceptors (Lipinski definition) is 3. The molecule has 3 rings (SSSR count).